The van der Waals surface area contributed by atoms with Crippen molar-refractivity contribution in [3.05, 3.63) is 77.8 Å². The Bertz CT molecular complexity index is 1160. The van der Waals surface area contributed by atoms with Gasteiger partial charge in [0.25, 0.3) is 5.91 Å². The summed E-state index contributed by atoms with van der Waals surface area (Å²) in [6.45, 7) is -0.355. The van der Waals surface area contributed by atoms with E-state index >= 15 is 0 Å². The first kappa shape index (κ1) is 17.9. The standard InChI is InChI=1S/C22H16N2O3S/c25-20(23-17-10-5-7-15-6-1-2-8-16(15)17)14-27-22(26)13-12-21-24-18-9-3-4-11-19(18)28-21/h1-13H,14H2,(H,23,25)/b13-12+. The molecule has 0 saturated heterocycles. The first-order chi connectivity index (χ1) is 13.7. The molecule has 0 saturated carbocycles. The maximum Gasteiger partial charge on any atom is 0.331 e. The summed E-state index contributed by atoms with van der Waals surface area (Å²) >= 11 is 1.48. The van der Waals surface area contributed by atoms with Gasteiger partial charge in [0.15, 0.2) is 6.61 Å². The van der Waals surface area contributed by atoms with Gasteiger partial charge in [0.2, 0.25) is 0 Å². The van der Waals surface area contributed by atoms with E-state index in [0.717, 1.165) is 21.0 Å². The van der Waals surface area contributed by atoms with Gasteiger partial charge in [-0.3, -0.25) is 4.79 Å². The average Bonchev–Trinajstić information content (AvgIpc) is 3.14. The third-order valence-corrected chi connectivity index (χ3v) is 5.08. The lowest BCUT2D eigenvalue weighted by atomic mass is 10.1. The third-order valence-electron chi connectivity index (χ3n) is 4.08. The zero-order valence-corrected chi connectivity index (χ0v) is 15.6. The van der Waals surface area contributed by atoms with E-state index in [4.69, 9.17) is 4.74 Å². The monoisotopic (exact) mass is 388 g/mol. The highest BCUT2D eigenvalue weighted by molar-refractivity contribution is 7.19. The molecule has 0 aliphatic carbocycles. The van der Waals surface area contributed by atoms with E-state index in [1.165, 1.54) is 17.4 Å². The number of para-hydroxylation sites is 1. The molecule has 138 valence electrons. The molecule has 0 radical (unpaired) electrons. The molecule has 3 aromatic carbocycles. The number of carbonyl (C=O) groups excluding carboxylic acids is 2. The number of benzene rings is 3. The van der Waals surface area contributed by atoms with Crippen LogP contribution in [0.5, 0.6) is 0 Å². The number of thiazole rings is 1. The van der Waals surface area contributed by atoms with Crippen molar-refractivity contribution in [2.24, 2.45) is 0 Å². The second kappa shape index (κ2) is 8.02. The molecule has 0 aliphatic rings. The van der Waals surface area contributed by atoms with E-state index in [1.54, 1.807) is 6.08 Å². The van der Waals surface area contributed by atoms with Crippen molar-refractivity contribution in [2.45, 2.75) is 0 Å². The van der Waals surface area contributed by atoms with Crippen LogP contribution in [0.4, 0.5) is 5.69 Å². The lowest BCUT2D eigenvalue weighted by molar-refractivity contribution is -0.142. The molecule has 0 bridgehead atoms. The van der Waals surface area contributed by atoms with Crippen LogP contribution in [0.3, 0.4) is 0 Å². The van der Waals surface area contributed by atoms with Gasteiger partial charge in [-0.05, 0) is 29.7 Å². The average molecular weight is 388 g/mol. The summed E-state index contributed by atoms with van der Waals surface area (Å²) in [5.74, 6) is -0.981. The van der Waals surface area contributed by atoms with E-state index in [9.17, 15) is 9.59 Å². The van der Waals surface area contributed by atoms with E-state index in [1.807, 2.05) is 66.7 Å². The van der Waals surface area contributed by atoms with Gasteiger partial charge < -0.3 is 10.1 Å². The number of hydrogen-bond acceptors (Lipinski definition) is 5. The normalized spacial score (nSPS) is 11.1. The molecule has 0 aliphatic heterocycles. The molecule has 0 unspecified atom stereocenters. The minimum atomic E-state index is -0.590. The van der Waals surface area contributed by atoms with Crippen molar-refractivity contribution in [1.82, 2.24) is 4.98 Å². The van der Waals surface area contributed by atoms with E-state index in [2.05, 4.69) is 10.3 Å². The number of ether oxygens (including phenoxy) is 1. The van der Waals surface area contributed by atoms with Gasteiger partial charge in [-0.25, -0.2) is 9.78 Å². The molecule has 4 aromatic rings. The van der Waals surface area contributed by atoms with Gasteiger partial charge >= 0.3 is 5.97 Å². The van der Waals surface area contributed by atoms with Crippen LogP contribution in [0.25, 0.3) is 27.1 Å². The largest absolute Gasteiger partial charge is 0.452 e. The number of aromatic nitrogens is 1. The van der Waals surface area contributed by atoms with Crippen LogP contribution in [0.15, 0.2) is 72.8 Å². The fraction of sp³-hybridized carbons (Fsp3) is 0.0455. The van der Waals surface area contributed by atoms with E-state index in [-0.39, 0.29) is 6.61 Å². The minimum Gasteiger partial charge on any atom is -0.452 e. The molecule has 5 nitrogen and oxygen atoms in total. The molecule has 28 heavy (non-hydrogen) atoms. The molecule has 0 fully saturated rings. The first-order valence-corrected chi connectivity index (χ1v) is 9.49. The molecule has 1 N–H and O–H groups in total. The molecule has 1 amide bonds. The Hall–Kier alpha value is -3.51. The van der Waals surface area contributed by atoms with Crippen molar-refractivity contribution in [3.8, 4) is 0 Å². The summed E-state index contributed by atoms with van der Waals surface area (Å²) in [7, 11) is 0. The highest BCUT2D eigenvalue weighted by Crippen LogP contribution is 2.23. The predicted octanol–water partition coefficient (Wildman–Crippen LogP) is 4.64. The van der Waals surface area contributed by atoms with Crippen molar-refractivity contribution in [2.75, 3.05) is 11.9 Å². The van der Waals surface area contributed by atoms with Gasteiger partial charge in [0.05, 0.1) is 10.2 Å². The SMILES string of the molecule is O=C(COC(=O)/C=C/c1nc2ccccc2s1)Nc1cccc2ccccc12. The van der Waals surface area contributed by atoms with Crippen LogP contribution in [0, 0.1) is 0 Å². The number of hydrogen-bond donors (Lipinski definition) is 1. The van der Waals surface area contributed by atoms with Gasteiger partial charge in [-0.1, -0.05) is 48.5 Å². The van der Waals surface area contributed by atoms with E-state index in [0.29, 0.717) is 10.7 Å². The Morgan fingerprint density at radius 1 is 1.00 bits per heavy atom. The summed E-state index contributed by atoms with van der Waals surface area (Å²) in [4.78, 5) is 28.4. The Morgan fingerprint density at radius 3 is 2.68 bits per heavy atom. The highest BCUT2D eigenvalue weighted by Gasteiger charge is 2.08. The predicted molar refractivity (Wildman–Crippen MR) is 112 cm³/mol. The van der Waals surface area contributed by atoms with Crippen LogP contribution in [0.2, 0.25) is 0 Å². The number of fused-ring (bicyclic) bond motifs is 2. The smallest absolute Gasteiger partial charge is 0.331 e. The molecule has 0 atom stereocenters. The lowest BCUT2D eigenvalue weighted by Crippen LogP contribution is -2.20. The van der Waals surface area contributed by atoms with Crippen molar-refractivity contribution < 1.29 is 14.3 Å². The molecule has 4 rings (SSSR count). The molecule has 1 heterocycles. The number of anilines is 1. The van der Waals surface area contributed by atoms with Crippen molar-refractivity contribution in [3.63, 3.8) is 0 Å². The number of nitrogens with one attached hydrogen (secondary N) is 1. The number of esters is 1. The van der Waals surface area contributed by atoms with Crippen LogP contribution in [-0.4, -0.2) is 23.5 Å². The fourth-order valence-electron chi connectivity index (χ4n) is 2.81. The topological polar surface area (TPSA) is 68.3 Å². The molecule has 1 aromatic heterocycles. The molecule has 0 spiro atoms. The van der Waals surface area contributed by atoms with Crippen LogP contribution in [-0.2, 0) is 14.3 Å². The fourth-order valence-corrected chi connectivity index (χ4v) is 3.68. The second-order valence-corrected chi connectivity index (χ2v) is 7.10. The second-order valence-electron chi connectivity index (χ2n) is 6.04. The Kier molecular flexibility index (Phi) is 5.12. The van der Waals surface area contributed by atoms with Gasteiger partial charge in [-0.15, -0.1) is 11.3 Å². The summed E-state index contributed by atoms with van der Waals surface area (Å²) in [5, 5.41) is 5.44. The Labute approximate surface area is 165 Å². The lowest BCUT2D eigenvalue weighted by Gasteiger charge is -2.08. The zero-order chi connectivity index (χ0) is 19.3. The highest BCUT2D eigenvalue weighted by atomic mass is 32.1. The van der Waals surface area contributed by atoms with Crippen LogP contribution < -0.4 is 5.32 Å². The number of rotatable bonds is 5. The van der Waals surface area contributed by atoms with Gasteiger partial charge in [0.1, 0.15) is 5.01 Å². The third kappa shape index (κ3) is 4.07. The summed E-state index contributed by atoms with van der Waals surface area (Å²) < 4.78 is 6.07. The van der Waals surface area contributed by atoms with Gasteiger partial charge in [-0.2, -0.15) is 0 Å². The Morgan fingerprint density at radius 2 is 1.79 bits per heavy atom. The molecular weight excluding hydrogens is 372 g/mol. The maximum atomic E-state index is 12.1. The molecule has 6 heteroatoms. The minimum absolute atomic E-state index is 0.355. The quantitative estimate of drug-likeness (QED) is 0.399. The van der Waals surface area contributed by atoms with Crippen molar-refractivity contribution >= 4 is 56.0 Å². The maximum absolute atomic E-state index is 12.1. The van der Waals surface area contributed by atoms with Crippen molar-refractivity contribution in [1.29, 1.82) is 0 Å². The van der Waals surface area contributed by atoms with Crippen LogP contribution in [0.1, 0.15) is 5.01 Å². The summed E-state index contributed by atoms with van der Waals surface area (Å²) in [6.07, 6.45) is 2.87. The van der Waals surface area contributed by atoms with E-state index < -0.39 is 11.9 Å². The zero-order valence-electron chi connectivity index (χ0n) is 14.8. The first-order valence-electron chi connectivity index (χ1n) is 8.67. The number of amides is 1. The van der Waals surface area contributed by atoms with Gasteiger partial charge in [0, 0.05) is 17.1 Å². The molecular formula is C22H16N2O3S. The summed E-state index contributed by atoms with van der Waals surface area (Å²) in [6, 6.07) is 21.1. The van der Waals surface area contributed by atoms with Crippen LogP contribution >= 0.6 is 11.3 Å². The number of carbonyl (C=O) groups is 2. The summed E-state index contributed by atoms with van der Waals surface area (Å²) in [5.41, 5.74) is 1.57. The Balaban J connectivity index is 1.34. The number of nitrogens with zero attached hydrogens (tertiary/aromatic N) is 1.